The van der Waals surface area contributed by atoms with Crippen LogP contribution in [0.25, 0.3) is 0 Å². The van der Waals surface area contributed by atoms with Crippen LogP contribution in [0.15, 0.2) is 42.5 Å². The van der Waals surface area contributed by atoms with Crippen LogP contribution >= 0.6 is 0 Å². The molecule has 0 aliphatic carbocycles. The van der Waals surface area contributed by atoms with Gasteiger partial charge in [-0.1, -0.05) is 30.3 Å². The number of nitrogens with zero attached hydrogens (tertiary/aromatic N) is 1. The van der Waals surface area contributed by atoms with Crippen LogP contribution in [0.4, 0.5) is 10.1 Å². The quantitative estimate of drug-likeness (QED) is 0.804. The summed E-state index contributed by atoms with van der Waals surface area (Å²) in [5, 5.41) is 0. The third-order valence-electron chi connectivity index (χ3n) is 2.02. The van der Waals surface area contributed by atoms with Crippen molar-refractivity contribution in [3.8, 4) is 5.88 Å². The molecule has 0 spiro atoms. The third kappa shape index (κ3) is 2.70. The Bertz CT molecular complexity index is 453. The number of rotatable bonds is 3. The molecule has 3 nitrogen and oxygen atoms in total. The SMILES string of the molecule is Nc1cc(F)nc(OCc2ccccc2)c1. The molecule has 0 unspecified atom stereocenters. The zero-order valence-corrected chi connectivity index (χ0v) is 8.56. The second-order valence-electron chi connectivity index (χ2n) is 3.34. The van der Waals surface area contributed by atoms with Crippen molar-refractivity contribution in [2.75, 3.05) is 5.73 Å². The molecule has 0 aliphatic heterocycles. The van der Waals surface area contributed by atoms with E-state index in [-0.39, 0.29) is 5.88 Å². The van der Waals surface area contributed by atoms with Gasteiger partial charge in [-0.3, -0.25) is 0 Å². The molecule has 4 heteroatoms. The minimum atomic E-state index is -0.636. The number of pyridine rings is 1. The first-order valence-electron chi connectivity index (χ1n) is 4.84. The lowest BCUT2D eigenvalue weighted by atomic mass is 10.2. The Hall–Kier alpha value is -2.10. The maximum Gasteiger partial charge on any atom is 0.218 e. The van der Waals surface area contributed by atoms with E-state index < -0.39 is 5.95 Å². The molecule has 0 aliphatic rings. The van der Waals surface area contributed by atoms with Crippen molar-refractivity contribution in [1.82, 2.24) is 4.98 Å². The Balaban J connectivity index is 2.05. The first kappa shape index (κ1) is 10.4. The van der Waals surface area contributed by atoms with Gasteiger partial charge in [-0.25, -0.2) is 0 Å². The molecule has 0 radical (unpaired) electrons. The zero-order valence-electron chi connectivity index (χ0n) is 8.56. The third-order valence-corrected chi connectivity index (χ3v) is 2.02. The monoisotopic (exact) mass is 218 g/mol. The molecule has 1 heterocycles. The molecule has 0 fully saturated rings. The summed E-state index contributed by atoms with van der Waals surface area (Å²) in [6, 6.07) is 12.2. The number of nitrogen functional groups attached to an aromatic ring is 1. The molecule has 82 valence electrons. The van der Waals surface area contributed by atoms with Crippen molar-refractivity contribution in [3.63, 3.8) is 0 Å². The van der Waals surface area contributed by atoms with Gasteiger partial charge in [-0.05, 0) is 5.56 Å². The van der Waals surface area contributed by atoms with Gasteiger partial charge in [0, 0.05) is 17.8 Å². The highest BCUT2D eigenvalue weighted by molar-refractivity contribution is 5.40. The molecule has 0 atom stereocenters. The summed E-state index contributed by atoms with van der Waals surface area (Å²) in [5.41, 5.74) is 6.76. The van der Waals surface area contributed by atoms with Crippen molar-refractivity contribution < 1.29 is 9.13 Å². The van der Waals surface area contributed by atoms with Gasteiger partial charge in [0.15, 0.2) is 0 Å². The van der Waals surface area contributed by atoms with Gasteiger partial charge in [0.1, 0.15) is 6.61 Å². The molecular weight excluding hydrogens is 207 g/mol. The minimum absolute atomic E-state index is 0.196. The zero-order chi connectivity index (χ0) is 11.4. The normalized spacial score (nSPS) is 10.1. The van der Waals surface area contributed by atoms with Crippen molar-refractivity contribution >= 4 is 5.69 Å². The van der Waals surface area contributed by atoms with Crippen LogP contribution in [0.3, 0.4) is 0 Å². The fourth-order valence-corrected chi connectivity index (χ4v) is 1.30. The summed E-state index contributed by atoms with van der Waals surface area (Å²) in [7, 11) is 0. The van der Waals surface area contributed by atoms with Gasteiger partial charge in [-0.15, -0.1) is 0 Å². The molecule has 2 rings (SSSR count). The summed E-state index contributed by atoms with van der Waals surface area (Å²) in [5.74, 6) is -0.440. The molecule has 2 N–H and O–H groups in total. The van der Waals surface area contributed by atoms with Crippen LogP contribution in [0.1, 0.15) is 5.56 Å². The van der Waals surface area contributed by atoms with Crippen LogP contribution in [0.5, 0.6) is 5.88 Å². The van der Waals surface area contributed by atoms with Crippen LogP contribution in [-0.2, 0) is 6.61 Å². The van der Waals surface area contributed by atoms with Crippen molar-refractivity contribution in [2.45, 2.75) is 6.61 Å². The molecule has 2 aromatic rings. The largest absolute Gasteiger partial charge is 0.473 e. The van der Waals surface area contributed by atoms with E-state index in [2.05, 4.69) is 4.98 Å². The molecule has 16 heavy (non-hydrogen) atoms. The van der Waals surface area contributed by atoms with Crippen LogP contribution < -0.4 is 10.5 Å². The highest BCUT2D eigenvalue weighted by atomic mass is 19.1. The van der Waals surface area contributed by atoms with E-state index >= 15 is 0 Å². The van der Waals surface area contributed by atoms with E-state index in [1.54, 1.807) is 0 Å². The number of ether oxygens (including phenoxy) is 1. The lowest BCUT2D eigenvalue weighted by Crippen LogP contribution is -1.99. The predicted molar refractivity (Wildman–Crippen MR) is 59.4 cm³/mol. The van der Waals surface area contributed by atoms with E-state index in [9.17, 15) is 4.39 Å². The summed E-state index contributed by atoms with van der Waals surface area (Å²) < 4.78 is 18.2. The average molecular weight is 218 g/mol. The molecule has 0 bridgehead atoms. The fourth-order valence-electron chi connectivity index (χ4n) is 1.30. The number of nitrogens with two attached hydrogens (primary N) is 1. The number of hydrogen-bond acceptors (Lipinski definition) is 3. The standard InChI is InChI=1S/C12H11FN2O/c13-11-6-10(14)7-12(15-11)16-8-9-4-2-1-3-5-9/h1-7H,8H2,(H2,14,15). The van der Waals surface area contributed by atoms with Crippen LogP contribution in [-0.4, -0.2) is 4.98 Å². The first-order chi connectivity index (χ1) is 7.74. The van der Waals surface area contributed by atoms with E-state index in [0.29, 0.717) is 12.3 Å². The number of benzene rings is 1. The summed E-state index contributed by atoms with van der Waals surface area (Å²) in [6.45, 7) is 0.344. The molecule has 0 saturated carbocycles. The summed E-state index contributed by atoms with van der Waals surface area (Å²) in [4.78, 5) is 3.58. The lowest BCUT2D eigenvalue weighted by molar-refractivity contribution is 0.289. The Morgan fingerprint density at radius 3 is 2.62 bits per heavy atom. The lowest BCUT2D eigenvalue weighted by Gasteiger charge is -2.05. The Morgan fingerprint density at radius 2 is 1.94 bits per heavy atom. The summed E-state index contributed by atoms with van der Waals surface area (Å²) in [6.07, 6.45) is 0. The van der Waals surface area contributed by atoms with Crippen molar-refractivity contribution in [1.29, 1.82) is 0 Å². The number of hydrogen-bond donors (Lipinski definition) is 1. The number of aromatic nitrogens is 1. The van der Waals surface area contributed by atoms with E-state index in [1.165, 1.54) is 6.07 Å². The molecule has 0 amide bonds. The second-order valence-corrected chi connectivity index (χ2v) is 3.34. The minimum Gasteiger partial charge on any atom is -0.473 e. The molecular formula is C12H11FN2O. The smallest absolute Gasteiger partial charge is 0.218 e. The highest BCUT2D eigenvalue weighted by Crippen LogP contribution is 2.14. The fraction of sp³-hybridized carbons (Fsp3) is 0.0833. The predicted octanol–water partition coefficient (Wildman–Crippen LogP) is 2.38. The van der Waals surface area contributed by atoms with Gasteiger partial charge in [-0.2, -0.15) is 9.37 Å². The van der Waals surface area contributed by atoms with E-state index in [0.717, 1.165) is 11.6 Å². The van der Waals surface area contributed by atoms with Crippen LogP contribution in [0.2, 0.25) is 0 Å². The molecule has 1 aromatic heterocycles. The topological polar surface area (TPSA) is 48.1 Å². The van der Waals surface area contributed by atoms with E-state index in [1.807, 2.05) is 30.3 Å². The van der Waals surface area contributed by atoms with Crippen LogP contribution in [0, 0.1) is 5.95 Å². The maximum absolute atomic E-state index is 12.9. The Kier molecular flexibility index (Phi) is 3.00. The maximum atomic E-state index is 12.9. The van der Waals surface area contributed by atoms with Crippen molar-refractivity contribution in [3.05, 3.63) is 54.0 Å². The second kappa shape index (κ2) is 4.61. The van der Waals surface area contributed by atoms with E-state index in [4.69, 9.17) is 10.5 Å². The Morgan fingerprint density at radius 1 is 1.19 bits per heavy atom. The summed E-state index contributed by atoms with van der Waals surface area (Å²) >= 11 is 0. The van der Waals surface area contributed by atoms with Gasteiger partial charge < -0.3 is 10.5 Å². The van der Waals surface area contributed by atoms with Gasteiger partial charge in [0.25, 0.3) is 0 Å². The number of halogens is 1. The van der Waals surface area contributed by atoms with Crippen molar-refractivity contribution in [2.24, 2.45) is 0 Å². The number of anilines is 1. The Labute approximate surface area is 92.7 Å². The first-order valence-corrected chi connectivity index (χ1v) is 4.84. The van der Waals surface area contributed by atoms with Gasteiger partial charge in [0.2, 0.25) is 11.8 Å². The molecule has 0 saturated heterocycles. The average Bonchev–Trinajstić information content (AvgIpc) is 2.27. The molecule has 1 aromatic carbocycles. The highest BCUT2D eigenvalue weighted by Gasteiger charge is 2.01. The van der Waals surface area contributed by atoms with Gasteiger partial charge >= 0.3 is 0 Å². The van der Waals surface area contributed by atoms with Gasteiger partial charge in [0.05, 0.1) is 0 Å².